The summed E-state index contributed by atoms with van der Waals surface area (Å²) >= 11 is 0. The fraction of sp³-hybridized carbons (Fsp3) is 0.474. The average Bonchev–Trinajstić information content (AvgIpc) is 3.20. The molecule has 0 unspecified atom stereocenters. The van der Waals surface area contributed by atoms with E-state index in [1.807, 2.05) is 0 Å². The molecule has 0 spiro atoms. The van der Waals surface area contributed by atoms with Crippen LogP contribution in [-0.2, 0) is 14.3 Å². The van der Waals surface area contributed by atoms with Gasteiger partial charge in [0.25, 0.3) is 5.78 Å². The fourth-order valence-corrected chi connectivity index (χ4v) is 3.34. The quantitative estimate of drug-likeness (QED) is 0.419. The molecule has 0 amide bonds. The van der Waals surface area contributed by atoms with Crippen molar-refractivity contribution in [2.24, 2.45) is 0 Å². The Morgan fingerprint density at radius 2 is 1.90 bits per heavy atom. The monoisotopic (exact) mass is 414 g/mol. The Hall–Kier alpha value is -2.91. The van der Waals surface area contributed by atoms with Crippen LogP contribution in [0.3, 0.4) is 0 Å². The number of aryl methyl sites for hydroxylation is 1. The number of carbonyl (C=O) groups excluding carboxylic acids is 4. The first-order valence-corrected chi connectivity index (χ1v) is 8.88. The minimum absolute atomic E-state index is 0.166. The van der Waals surface area contributed by atoms with E-state index in [1.54, 1.807) is 13.8 Å². The summed E-state index contributed by atoms with van der Waals surface area (Å²) in [5.74, 6) is -3.52. The van der Waals surface area contributed by atoms with E-state index in [1.165, 1.54) is 11.8 Å². The van der Waals surface area contributed by atoms with Crippen molar-refractivity contribution in [2.75, 3.05) is 13.2 Å². The molecule has 1 aromatic rings. The van der Waals surface area contributed by atoms with Crippen molar-refractivity contribution < 1.29 is 37.1 Å². The van der Waals surface area contributed by atoms with Gasteiger partial charge in [0.05, 0.1) is 5.69 Å². The van der Waals surface area contributed by atoms with Crippen LogP contribution in [0.4, 0.5) is 13.2 Å². The number of alkyl halides is 3. The van der Waals surface area contributed by atoms with Gasteiger partial charge in [-0.05, 0) is 39.2 Å². The Morgan fingerprint density at radius 3 is 2.45 bits per heavy atom. The lowest BCUT2D eigenvalue weighted by atomic mass is 10.1. The van der Waals surface area contributed by atoms with Crippen molar-refractivity contribution in [2.45, 2.75) is 45.8 Å². The van der Waals surface area contributed by atoms with Crippen LogP contribution in [0.25, 0.3) is 0 Å². The highest BCUT2D eigenvalue weighted by Crippen LogP contribution is 2.22. The molecule has 1 aromatic heterocycles. The predicted octanol–water partition coefficient (Wildman–Crippen LogP) is 2.67. The van der Waals surface area contributed by atoms with Gasteiger partial charge < -0.3 is 14.6 Å². The van der Waals surface area contributed by atoms with Gasteiger partial charge in [-0.2, -0.15) is 13.2 Å². The SMILES string of the molecule is CC(=O)c1c(C)[nH]c(C(=O)COC(=O)[C@@H]2CCCN2/C=C/C(=O)C(F)(F)F)c1C. The number of rotatable bonds is 7. The van der Waals surface area contributed by atoms with E-state index in [9.17, 15) is 32.3 Å². The standard InChI is InChI=1S/C19H21F3N2O5/c1-10-16(12(3)25)11(2)23-17(10)14(26)9-29-18(28)13-5-4-7-24(13)8-6-15(27)19(20,21)22/h6,8,13,23H,4-5,7,9H2,1-3H3/b8-6+/t13-/m0/s1. The van der Waals surface area contributed by atoms with E-state index in [0.29, 0.717) is 35.7 Å². The summed E-state index contributed by atoms with van der Waals surface area (Å²) in [6.45, 7) is 4.34. The van der Waals surface area contributed by atoms with Crippen LogP contribution in [0.1, 0.15) is 51.9 Å². The molecule has 29 heavy (non-hydrogen) atoms. The second-order valence-corrected chi connectivity index (χ2v) is 6.79. The van der Waals surface area contributed by atoms with Crippen molar-refractivity contribution in [3.63, 3.8) is 0 Å². The van der Waals surface area contributed by atoms with Crippen molar-refractivity contribution in [1.29, 1.82) is 0 Å². The second kappa shape index (κ2) is 8.62. The molecule has 1 fully saturated rings. The molecule has 10 heteroatoms. The molecule has 1 aliphatic rings. The number of carbonyl (C=O) groups is 4. The first-order valence-electron chi connectivity index (χ1n) is 8.88. The molecule has 7 nitrogen and oxygen atoms in total. The summed E-state index contributed by atoms with van der Waals surface area (Å²) in [5.41, 5.74) is 1.57. The Bertz CT molecular complexity index is 870. The number of H-pyrrole nitrogens is 1. The second-order valence-electron chi connectivity index (χ2n) is 6.79. The Balaban J connectivity index is 2.00. The molecule has 0 aliphatic carbocycles. The average molecular weight is 414 g/mol. The number of hydrogen-bond donors (Lipinski definition) is 1. The van der Waals surface area contributed by atoms with Gasteiger partial charge in [-0.25, -0.2) is 4.79 Å². The lowest BCUT2D eigenvalue weighted by Gasteiger charge is -2.21. The highest BCUT2D eigenvalue weighted by atomic mass is 19.4. The largest absolute Gasteiger partial charge is 0.456 e. The zero-order valence-corrected chi connectivity index (χ0v) is 16.2. The maximum absolute atomic E-state index is 12.4. The van der Waals surface area contributed by atoms with Crippen LogP contribution < -0.4 is 0 Å². The third-order valence-electron chi connectivity index (χ3n) is 4.68. The van der Waals surface area contributed by atoms with Crippen LogP contribution in [-0.4, -0.2) is 58.6 Å². The molecule has 0 aromatic carbocycles. The van der Waals surface area contributed by atoms with E-state index >= 15 is 0 Å². The van der Waals surface area contributed by atoms with Crippen LogP contribution >= 0.6 is 0 Å². The number of likely N-dealkylation sites (tertiary alicyclic amines) is 1. The molecule has 1 atom stereocenters. The van der Waals surface area contributed by atoms with E-state index < -0.39 is 36.4 Å². The number of aromatic nitrogens is 1. The number of Topliss-reactive ketones (excluding diaryl/α,β-unsaturated/α-hetero) is 2. The summed E-state index contributed by atoms with van der Waals surface area (Å²) in [6.07, 6.45) is -2.84. The molecule has 2 heterocycles. The summed E-state index contributed by atoms with van der Waals surface area (Å²) < 4.78 is 41.9. The topological polar surface area (TPSA) is 96.5 Å². The molecule has 1 saturated heterocycles. The third kappa shape index (κ3) is 5.12. The zero-order chi connectivity index (χ0) is 21.9. The number of nitrogens with one attached hydrogen (secondary N) is 1. The summed E-state index contributed by atoms with van der Waals surface area (Å²) in [7, 11) is 0. The summed E-state index contributed by atoms with van der Waals surface area (Å²) in [5, 5.41) is 0. The van der Waals surface area contributed by atoms with Crippen LogP contribution in [0.5, 0.6) is 0 Å². The van der Waals surface area contributed by atoms with E-state index in [4.69, 9.17) is 4.74 Å². The maximum atomic E-state index is 12.4. The fourth-order valence-electron chi connectivity index (χ4n) is 3.34. The lowest BCUT2D eigenvalue weighted by Crippen LogP contribution is -2.35. The zero-order valence-electron chi connectivity index (χ0n) is 16.2. The first-order chi connectivity index (χ1) is 13.4. The number of allylic oxidation sites excluding steroid dienone is 1. The maximum Gasteiger partial charge on any atom is 0.454 e. The van der Waals surface area contributed by atoms with Crippen molar-refractivity contribution in [3.8, 4) is 0 Å². The van der Waals surface area contributed by atoms with Gasteiger partial charge in [0, 0.05) is 30.1 Å². The van der Waals surface area contributed by atoms with E-state index in [-0.39, 0.29) is 18.0 Å². The summed E-state index contributed by atoms with van der Waals surface area (Å²) in [6, 6.07) is -0.876. The highest BCUT2D eigenvalue weighted by Gasteiger charge is 2.37. The number of halogens is 3. The summed E-state index contributed by atoms with van der Waals surface area (Å²) in [4.78, 5) is 51.3. The molecular weight excluding hydrogens is 393 g/mol. The number of nitrogens with zero attached hydrogens (tertiary/aromatic N) is 1. The third-order valence-corrected chi connectivity index (χ3v) is 4.68. The minimum atomic E-state index is -4.98. The molecule has 0 saturated carbocycles. The van der Waals surface area contributed by atoms with E-state index in [2.05, 4.69) is 4.98 Å². The van der Waals surface area contributed by atoms with Gasteiger partial charge in [0.2, 0.25) is 5.78 Å². The molecule has 1 N–H and O–H groups in total. The Morgan fingerprint density at radius 1 is 1.24 bits per heavy atom. The number of hydrogen-bond acceptors (Lipinski definition) is 6. The first kappa shape index (κ1) is 22.4. The van der Waals surface area contributed by atoms with Gasteiger partial charge in [-0.15, -0.1) is 0 Å². The number of aromatic amines is 1. The highest BCUT2D eigenvalue weighted by molar-refractivity contribution is 6.04. The van der Waals surface area contributed by atoms with Crippen molar-refractivity contribution >= 4 is 23.3 Å². The van der Waals surface area contributed by atoms with Gasteiger partial charge in [0.15, 0.2) is 12.4 Å². The normalized spacial score (nSPS) is 17.0. The van der Waals surface area contributed by atoms with E-state index in [0.717, 1.165) is 6.20 Å². The minimum Gasteiger partial charge on any atom is -0.456 e. The van der Waals surface area contributed by atoms with Gasteiger partial charge in [-0.1, -0.05) is 0 Å². The van der Waals surface area contributed by atoms with Gasteiger partial charge in [0.1, 0.15) is 6.04 Å². The van der Waals surface area contributed by atoms with Crippen LogP contribution in [0.15, 0.2) is 12.3 Å². The molecule has 158 valence electrons. The molecule has 0 radical (unpaired) electrons. The number of esters is 1. The predicted molar refractivity (Wildman–Crippen MR) is 95.5 cm³/mol. The molecular formula is C19H21F3N2O5. The van der Waals surface area contributed by atoms with Gasteiger partial charge >= 0.3 is 12.1 Å². The molecule has 2 rings (SSSR count). The molecule has 1 aliphatic heterocycles. The number of ether oxygens (including phenoxy) is 1. The number of ketones is 3. The van der Waals surface area contributed by atoms with Gasteiger partial charge in [-0.3, -0.25) is 14.4 Å². The smallest absolute Gasteiger partial charge is 0.454 e. The van der Waals surface area contributed by atoms with Crippen LogP contribution in [0, 0.1) is 13.8 Å². The van der Waals surface area contributed by atoms with Crippen molar-refractivity contribution in [1.82, 2.24) is 9.88 Å². The Labute approximate surface area is 164 Å². The lowest BCUT2D eigenvalue weighted by molar-refractivity contribution is -0.165. The Kier molecular flexibility index (Phi) is 6.66. The van der Waals surface area contributed by atoms with Crippen LogP contribution in [0.2, 0.25) is 0 Å². The molecule has 0 bridgehead atoms. The van der Waals surface area contributed by atoms with Crippen molar-refractivity contribution in [3.05, 3.63) is 34.8 Å².